The number of hydrogen-bond acceptors (Lipinski definition) is 3. The highest BCUT2D eigenvalue weighted by Crippen LogP contribution is 2.04. The normalized spacial score (nSPS) is 16.8. The summed E-state index contributed by atoms with van der Waals surface area (Å²) in [5, 5.41) is 17.4. The maximum absolute atomic E-state index is 8.92. The van der Waals surface area contributed by atoms with Gasteiger partial charge in [0.15, 0.2) is 0 Å². The van der Waals surface area contributed by atoms with Gasteiger partial charge in [-0.1, -0.05) is 0 Å². The van der Waals surface area contributed by atoms with Crippen LogP contribution in [0.5, 0.6) is 0 Å². The topological polar surface area (TPSA) is 49.7 Å². The third-order valence-corrected chi connectivity index (χ3v) is 1.39. The lowest BCUT2D eigenvalue weighted by Gasteiger charge is -2.14. The second kappa shape index (κ2) is 5.65. The third kappa shape index (κ3) is 4.73. The lowest BCUT2D eigenvalue weighted by atomic mass is 10.1. The Morgan fingerprint density at radius 3 is 2.40 bits per heavy atom. The molecule has 0 aromatic heterocycles. The van der Waals surface area contributed by atoms with Crippen molar-refractivity contribution in [2.24, 2.45) is 0 Å². The van der Waals surface area contributed by atoms with E-state index in [-0.39, 0.29) is 18.8 Å². The minimum absolute atomic E-state index is 0.00926. The molecule has 0 fully saturated rings. The third-order valence-electron chi connectivity index (χ3n) is 1.39. The molecule has 0 aliphatic rings. The monoisotopic (exact) mass is 148 g/mol. The van der Waals surface area contributed by atoms with Crippen molar-refractivity contribution in [1.29, 1.82) is 0 Å². The van der Waals surface area contributed by atoms with Crippen LogP contribution in [0.4, 0.5) is 0 Å². The van der Waals surface area contributed by atoms with Crippen molar-refractivity contribution >= 4 is 0 Å². The second-order valence-corrected chi connectivity index (χ2v) is 2.45. The van der Waals surface area contributed by atoms with Gasteiger partial charge in [-0.15, -0.1) is 0 Å². The quantitative estimate of drug-likeness (QED) is 0.583. The lowest BCUT2D eigenvalue weighted by molar-refractivity contribution is 0.0357. The summed E-state index contributed by atoms with van der Waals surface area (Å²) in [6.45, 7) is 1.83. The Hall–Kier alpha value is -0.120. The fourth-order valence-electron chi connectivity index (χ4n) is 0.856. The molecule has 0 aromatic carbocycles. The average molecular weight is 148 g/mol. The molecule has 2 N–H and O–H groups in total. The van der Waals surface area contributed by atoms with Crippen molar-refractivity contribution in [3.05, 3.63) is 0 Å². The molecular formula is C7H16O3. The van der Waals surface area contributed by atoms with E-state index in [0.717, 1.165) is 0 Å². The Morgan fingerprint density at radius 2 is 2.10 bits per heavy atom. The molecule has 0 amide bonds. The van der Waals surface area contributed by atoms with Crippen LogP contribution in [0, 0.1) is 0 Å². The standard InChI is InChI=1S/C7H16O3/c1-6(9)5-7(10-2)3-4-8/h6-9H,3-5H2,1-2H3. The zero-order chi connectivity index (χ0) is 7.98. The number of ether oxygens (including phenoxy) is 1. The molecular weight excluding hydrogens is 132 g/mol. The maximum atomic E-state index is 8.92. The summed E-state index contributed by atoms with van der Waals surface area (Å²) >= 11 is 0. The van der Waals surface area contributed by atoms with Crippen molar-refractivity contribution in [1.82, 2.24) is 0 Å². The summed E-state index contributed by atoms with van der Waals surface area (Å²) in [4.78, 5) is 0. The zero-order valence-corrected chi connectivity index (χ0v) is 6.58. The van der Waals surface area contributed by atoms with Gasteiger partial charge in [0, 0.05) is 13.7 Å². The van der Waals surface area contributed by atoms with Gasteiger partial charge in [-0.2, -0.15) is 0 Å². The van der Waals surface area contributed by atoms with Gasteiger partial charge in [-0.3, -0.25) is 0 Å². The molecule has 0 spiro atoms. The molecule has 10 heavy (non-hydrogen) atoms. The van der Waals surface area contributed by atoms with E-state index in [1.807, 2.05) is 0 Å². The van der Waals surface area contributed by atoms with Crippen molar-refractivity contribution in [3.63, 3.8) is 0 Å². The van der Waals surface area contributed by atoms with Crippen LogP contribution in [0.2, 0.25) is 0 Å². The Labute approximate surface area is 61.6 Å². The first-order valence-corrected chi connectivity index (χ1v) is 3.52. The van der Waals surface area contributed by atoms with E-state index < -0.39 is 0 Å². The predicted octanol–water partition coefficient (Wildman–Crippen LogP) is 0.155. The molecule has 2 unspecified atom stereocenters. The Kier molecular flexibility index (Phi) is 5.58. The van der Waals surface area contributed by atoms with Gasteiger partial charge in [0.2, 0.25) is 0 Å². The molecule has 2 atom stereocenters. The summed E-state index contributed by atoms with van der Waals surface area (Å²) in [5.41, 5.74) is 0. The van der Waals surface area contributed by atoms with E-state index in [1.54, 1.807) is 14.0 Å². The Morgan fingerprint density at radius 1 is 1.50 bits per heavy atom. The maximum Gasteiger partial charge on any atom is 0.0617 e. The van der Waals surface area contributed by atoms with Crippen LogP contribution in [0.25, 0.3) is 0 Å². The van der Waals surface area contributed by atoms with E-state index in [2.05, 4.69) is 0 Å². The lowest BCUT2D eigenvalue weighted by Crippen LogP contribution is -2.18. The summed E-state index contributed by atoms with van der Waals surface area (Å²) < 4.78 is 4.98. The van der Waals surface area contributed by atoms with Crippen LogP contribution in [0.1, 0.15) is 19.8 Å². The minimum atomic E-state index is -0.350. The van der Waals surface area contributed by atoms with Crippen LogP contribution in [-0.2, 0) is 4.74 Å². The summed E-state index contributed by atoms with van der Waals surface area (Å²) in [6.07, 6.45) is 0.833. The number of aliphatic hydroxyl groups is 2. The van der Waals surface area contributed by atoms with E-state index in [4.69, 9.17) is 14.9 Å². The molecule has 0 rings (SSSR count). The van der Waals surface area contributed by atoms with Crippen LogP contribution in [-0.4, -0.2) is 36.1 Å². The van der Waals surface area contributed by atoms with Crippen LogP contribution < -0.4 is 0 Å². The number of methoxy groups -OCH3 is 1. The first-order valence-electron chi connectivity index (χ1n) is 3.52. The molecule has 62 valence electrons. The van der Waals surface area contributed by atoms with E-state index in [0.29, 0.717) is 12.8 Å². The molecule has 0 heterocycles. The van der Waals surface area contributed by atoms with E-state index >= 15 is 0 Å². The highest BCUT2D eigenvalue weighted by atomic mass is 16.5. The van der Waals surface area contributed by atoms with Crippen molar-refractivity contribution in [2.45, 2.75) is 32.0 Å². The van der Waals surface area contributed by atoms with Gasteiger partial charge in [-0.25, -0.2) is 0 Å². The van der Waals surface area contributed by atoms with Gasteiger partial charge in [-0.05, 0) is 19.8 Å². The fraction of sp³-hybridized carbons (Fsp3) is 1.00. The molecule has 0 bridgehead atoms. The van der Waals surface area contributed by atoms with Crippen molar-refractivity contribution in [3.8, 4) is 0 Å². The zero-order valence-electron chi connectivity index (χ0n) is 6.58. The van der Waals surface area contributed by atoms with E-state index in [1.165, 1.54) is 0 Å². The van der Waals surface area contributed by atoms with Crippen molar-refractivity contribution in [2.75, 3.05) is 13.7 Å². The second-order valence-electron chi connectivity index (χ2n) is 2.45. The van der Waals surface area contributed by atoms with Gasteiger partial charge in [0.25, 0.3) is 0 Å². The number of hydrogen-bond donors (Lipinski definition) is 2. The van der Waals surface area contributed by atoms with Crippen molar-refractivity contribution < 1.29 is 14.9 Å². The summed E-state index contributed by atoms with van der Waals surface area (Å²) in [7, 11) is 1.59. The minimum Gasteiger partial charge on any atom is -0.396 e. The first kappa shape index (κ1) is 9.88. The summed E-state index contributed by atoms with van der Waals surface area (Å²) in [5.74, 6) is 0. The molecule has 3 heteroatoms. The highest BCUT2D eigenvalue weighted by Gasteiger charge is 2.08. The SMILES string of the molecule is COC(CCO)CC(C)O. The average Bonchev–Trinajstić information content (AvgIpc) is 1.86. The highest BCUT2D eigenvalue weighted by molar-refractivity contribution is 4.60. The van der Waals surface area contributed by atoms with Crippen LogP contribution in [0.3, 0.4) is 0 Å². The molecule has 0 aliphatic carbocycles. The molecule has 3 nitrogen and oxygen atoms in total. The van der Waals surface area contributed by atoms with Gasteiger partial charge >= 0.3 is 0 Å². The number of aliphatic hydroxyl groups excluding tert-OH is 2. The summed E-state index contributed by atoms with van der Waals surface area (Å²) in [6, 6.07) is 0. The van der Waals surface area contributed by atoms with Gasteiger partial charge in [0.05, 0.1) is 12.2 Å². The largest absolute Gasteiger partial charge is 0.396 e. The van der Waals surface area contributed by atoms with Crippen LogP contribution >= 0.6 is 0 Å². The predicted molar refractivity (Wildman–Crippen MR) is 38.8 cm³/mol. The molecule has 0 saturated carbocycles. The molecule has 0 aliphatic heterocycles. The Balaban J connectivity index is 3.39. The Bertz CT molecular complexity index is 73.3. The molecule has 0 saturated heterocycles. The van der Waals surface area contributed by atoms with Gasteiger partial charge < -0.3 is 14.9 Å². The fourth-order valence-corrected chi connectivity index (χ4v) is 0.856. The number of rotatable bonds is 5. The van der Waals surface area contributed by atoms with Gasteiger partial charge in [0.1, 0.15) is 0 Å². The van der Waals surface area contributed by atoms with E-state index in [9.17, 15) is 0 Å². The molecule has 0 aromatic rings. The first-order chi connectivity index (χ1) is 4.70. The molecule has 0 radical (unpaired) electrons. The van der Waals surface area contributed by atoms with Crippen LogP contribution in [0.15, 0.2) is 0 Å². The smallest absolute Gasteiger partial charge is 0.0617 e.